The number of phosphoric ester groups is 1. The van der Waals surface area contributed by atoms with Gasteiger partial charge in [-0.15, -0.1) is 0 Å². The highest BCUT2D eigenvalue weighted by Crippen LogP contribution is 2.37. The zero-order chi connectivity index (χ0) is 45.8. The van der Waals surface area contributed by atoms with Crippen LogP contribution in [0.15, 0.2) is 24.3 Å². The molecular formula is C36H53N8O14PS2. The van der Waals surface area contributed by atoms with E-state index in [0.29, 0.717) is 12.0 Å². The van der Waals surface area contributed by atoms with Crippen LogP contribution in [0.3, 0.4) is 0 Å². The van der Waals surface area contributed by atoms with Gasteiger partial charge < -0.3 is 52.2 Å². The largest absolute Gasteiger partial charge is 0.524 e. The molecule has 11 N–H and O–H groups in total. The smallest absolute Gasteiger partial charge is 0.480 e. The van der Waals surface area contributed by atoms with Crippen LogP contribution in [-0.2, 0) is 54.1 Å². The summed E-state index contributed by atoms with van der Waals surface area (Å²) in [5.41, 5.74) is 5.79. The molecule has 2 fully saturated rings. The van der Waals surface area contributed by atoms with Crippen molar-refractivity contribution in [3.63, 3.8) is 0 Å². The third-order valence-corrected chi connectivity index (χ3v) is 12.3. The van der Waals surface area contributed by atoms with Crippen LogP contribution in [0.2, 0.25) is 0 Å². The van der Waals surface area contributed by atoms with E-state index in [1.165, 1.54) is 29.2 Å². The molecule has 338 valence electrons. The Hall–Kier alpha value is -4.90. The normalized spacial score (nSPS) is 25.7. The Morgan fingerprint density at radius 1 is 0.836 bits per heavy atom. The molecule has 7 atom stereocenters. The van der Waals surface area contributed by atoms with Crippen LogP contribution in [-0.4, -0.2) is 133 Å². The molecule has 0 saturated carbocycles. The molecule has 0 unspecified atom stereocenters. The monoisotopic (exact) mass is 916 g/mol. The Bertz CT molecular complexity index is 1870. The Morgan fingerprint density at radius 2 is 1.41 bits per heavy atom. The SMILES string of the molecule is CC(=O)N[C@@H]1CSSC[C@H](C(=O)O)NC(=O)[C@@H]2CCCN2C(=O)[C@H](C(C)C)NC(=O)[C@H](CC(N)=O)NC(=O)[C@H](C(C)C)NC(=O)[C@H](Cc2ccc(OP(=O)(O)O)cc2)NC1=O. The number of carboxylic acids is 1. The van der Waals surface area contributed by atoms with Crippen LogP contribution < -0.4 is 42.2 Å². The van der Waals surface area contributed by atoms with Gasteiger partial charge in [-0.3, -0.25) is 48.1 Å². The van der Waals surface area contributed by atoms with Crippen molar-refractivity contribution in [2.24, 2.45) is 17.6 Å². The number of carbonyl (C=O) groups excluding carboxylic acids is 8. The lowest BCUT2D eigenvalue weighted by molar-refractivity contribution is -0.145. The minimum atomic E-state index is -4.91. The maximum absolute atomic E-state index is 14.1. The van der Waals surface area contributed by atoms with Crippen molar-refractivity contribution >= 4 is 82.6 Å². The van der Waals surface area contributed by atoms with E-state index < -0.39 is 122 Å². The summed E-state index contributed by atoms with van der Waals surface area (Å²) in [6.07, 6.45) is -0.411. The molecule has 25 heteroatoms. The van der Waals surface area contributed by atoms with E-state index in [9.17, 15) is 62.6 Å². The van der Waals surface area contributed by atoms with E-state index in [1.807, 2.05) is 0 Å². The van der Waals surface area contributed by atoms with Crippen molar-refractivity contribution in [1.29, 1.82) is 0 Å². The summed E-state index contributed by atoms with van der Waals surface area (Å²) in [5, 5.41) is 25.1. The zero-order valence-corrected chi connectivity index (χ0v) is 36.6. The molecule has 1 aromatic carbocycles. The highest BCUT2D eigenvalue weighted by molar-refractivity contribution is 8.76. The number of hydrogen-bond donors (Lipinski definition) is 10. The first-order valence-corrected chi connectivity index (χ1v) is 23.2. The fourth-order valence-corrected chi connectivity index (χ4v) is 9.07. The second kappa shape index (κ2) is 22.8. The van der Waals surface area contributed by atoms with Crippen molar-refractivity contribution in [3.8, 4) is 5.75 Å². The first kappa shape index (κ1) is 50.5. The molecule has 3 rings (SSSR count). The molecular weight excluding hydrogens is 864 g/mol. The number of phosphoric acid groups is 1. The number of fused-ring (bicyclic) bond motifs is 1. The summed E-state index contributed by atoms with van der Waals surface area (Å²) < 4.78 is 15.9. The van der Waals surface area contributed by atoms with Gasteiger partial charge in [-0.1, -0.05) is 61.4 Å². The molecule has 8 amide bonds. The van der Waals surface area contributed by atoms with Gasteiger partial charge in [-0.2, -0.15) is 0 Å². The number of nitrogens with zero attached hydrogens (tertiary/aromatic N) is 1. The van der Waals surface area contributed by atoms with Crippen LogP contribution in [0.25, 0.3) is 0 Å². The molecule has 0 aromatic heterocycles. The van der Waals surface area contributed by atoms with Gasteiger partial charge in [0, 0.05) is 31.4 Å². The van der Waals surface area contributed by atoms with Gasteiger partial charge in [-0.05, 0) is 42.4 Å². The number of aliphatic carboxylic acids is 1. The summed E-state index contributed by atoms with van der Waals surface area (Å²) in [5.74, 6) is -9.93. The second-order valence-electron chi connectivity index (χ2n) is 15.1. The minimum absolute atomic E-state index is 0.111. The standard InChI is InChI=1S/C36H53N8O14PS2/c1-17(2)28-34(51)40-23(14-27(37)46)31(48)43-29(18(3)4)35(52)44-12-6-7-26(44)33(50)41-25(36(53)54)16-61-60-15-24(38-19(5)45)32(49)39-22(30(47)42-28)13-20-8-10-21(11-9-20)58-59(55,56)57/h8-11,17-18,22-26,28-29H,6-7,12-16H2,1-5H3,(H2,37,46)(H,38,45)(H,39,49)(H,40,51)(H,41,50)(H,42,47)(H,43,48)(H,53,54)(H2,55,56,57)/t22-,23-,24+,25+,26-,28-,29-/m0/s1. The molecule has 2 aliphatic rings. The molecule has 0 spiro atoms. The zero-order valence-electron chi connectivity index (χ0n) is 34.1. The number of nitrogens with two attached hydrogens (primary N) is 1. The van der Waals surface area contributed by atoms with Gasteiger partial charge in [-0.25, -0.2) is 9.36 Å². The molecule has 0 aliphatic carbocycles. The van der Waals surface area contributed by atoms with Crippen molar-refractivity contribution in [1.82, 2.24) is 36.8 Å². The average molecular weight is 917 g/mol. The number of nitrogens with one attached hydrogen (secondary N) is 6. The number of carbonyl (C=O) groups is 9. The van der Waals surface area contributed by atoms with Crippen LogP contribution >= 0.6 is 29.4 Å². The van der Waals surface area contributed by atoms with Gasteiger partial charge in [0.05, 0.1) is 6.42 Å². The summed E-state index contributed by atoms with van der Waals surface area (Å²) in [4.78, 5) is 139. The first-order valence-electron chi connectivity index (χ1n) is 19.2. The maximum atomic E-state index is 14.1. The fourth-order valence-electron chi connectivity index (χ4n) is 6.35. The second-order valence-corrected chi connectivity index (χ2v) is 18.8. The van der Waals surface area contributed by atoms with Crippen molar-refractivity contribution in [3.05, 3.63) is 29.8 Å². The maximum Gasteiger partial charge on any atom is 0.524 e. The predicted octanol–water partition coefficient (Wildman–Crippen LogP) is -1.71. The molecule has 0 radical (unpaired) electrons. The Morgan fingerprint density at radius 3 is 1.97 bits per heavy atom. The topological polar surface area (TPSA) is 342 Å². The van der Waals surface area contributed by atoms with Gasteiger partial charge in [0.25, 0.3) is 0 Å². The molecule has 61 heavy (non-hydrogen) atoms. The van der Waals surface area contributed by atoms with Crippen molar-refractivity contribution in [2.45, 2.75) is 103 Å². The van der Waals surface area contributed by atoms with E-state index in [1.54, 1.807) is 27.7 Å². The number of amides is 8. The summed E-state index contributed by atoms with van der Waals surface area (Å²) >= 11 is 0. The number of benzene rings is 1. The highest BCUT2D eigenvalue weighted by atomic mass is 33.1. The molecule has 2 saturated heterocycles. The quantitative estimate of drug-likeness (QED) is 0.0923. The lowest BCUT2D eigenvalue weighted by atomic mass is 9.99. The number of carboxylic acid groups (broad SMARTS) is 1. The fraction of sp³-hybridized carbons (Fsp3) is 0.583. The van der Waals surface area contributed by atoms with Crippen LogP contribution in [0.4, 0.5) is 0 Å². The lowest BCUT2D eigenvalue weighted by Crippen LogP contribution is -2.61. The third kappa shape index (κ3) is 15.8. The van der Waals surface area contributed by atoms with Crippen molar-refractivity contribution < 1.29 is 67.1 Å². The van der Waals surface area contributed by atoms with E-state index in [2.05, 4.69) is 36.4 Å². The van der Waals surface area contributed by atoms with Crippen molar-refractivity contribution in [2.75, 3.05) is 18.1 Å². The van der Waals surface area contributed by atoms with Crippen LogP contribution in [0.5, 0.6) is 5.75 Å². The van der Waals surface area contributed by atoms with Crippen LogP contribution in [0, 0.1) is 11.8 Å². The van der Waals surface area contributed by atoms with Gasteiger partial charge in [0.2, 0.25) is 47.3 Å². The lowest BCUT2D eigenvalue weighted by Gasteiger charge is -2.32. The molecule has 22 nitrogen and oxygen atoms in total. The van der Waals surface area contributed by atoms with Gasteiger partial charge in [0.1, 0.15) is 48.0 Å². The Labute approximate surface area is 359 Å². The highest BCUT2D eigenvalue weighted by Gasteiger charge is 2.41. The molecule has 1 aromatic rings. The van der Waals surface area contributed by atoms with Gasteiger partial charge in [0.15, 0.2) is 0 Å². The minimum Gasteiger partial charge on any atom is -0.480 e. The Balaban J connectivity index is 2.08. The van der Waals surface area contributed by atoms with E-state index >= 15 is 0 Å². The number of primary amides is 1. The Kier molecular flexibility index (Phi) is 18.9. The van der Waals surface area contributed by atoms with Gasteiger partial charge >= 0.3 is 13.8 Å². The summed E-state index contributed by atoms with van der Waals surface area (Å²) in [7, 11) is -2.95. The predicted molar refractivity (Wildman–Crippen MR) is 221 cm³/mol. The summed E-state index contributed by atoms with van der Waals surface area (Å²) in [6.45, 7) is 7.64. The number of hydrogen-bond acceptors (Lipinski definition) is 13. The molecule has 0 bridgehead atoms. The average Bonchev–Trinajstić information content (AvgIpc) is 3.65. The third-order valence-electron chi connectivity index (χ3n) is 9.44. The number of rotatable bonds is 10. The molecule has 2 heterocycles. The first-order chi connectivity index (χ1) is 28.5. The summed E-state index contributed by atoms with van der Waals surface area (Å²) in [6, 6.07) is -4.48. The van der Waals surface area contributed by atoms with E-state index in [0.717, 1.165) is 28.5 Å². The molecule has 2 aliphatic heterocycles. The van der Waals surface area contributed by atoms with E-state index in [-0.39, 0.29) is 36.6 Å². The van der Waals surface area contributed by atoms with E-state index in [4.69, 9.17) is 5.73 Å². The van der Waals surface area contributed by atoms with Crippen LogP contribution in [0.1, 0.15) is 59.4 Å².